The summed E-state index contributed by atoms with van der Waals surface area (Å²) in [5.74, 6) is -3.60. The Kier molecular flexibility index (Phi) is 8.13. The number of benzene rings is 1. The maximum absolute atomic E-state index is 12.8. The SMILES string of the molecule is COC(=O)C1(NC(=O)Nc2ccccc2)OCC(OC(C)=O)C(OC(C)=O)C1OC(C)=O. The van der Waals surface area contributed by atoms with Crippen molar-refractivity contribution in [2.45, 2.75) is 44.8 Å². The second kappa shape index (κ2) is 10.6. The number of ether oxygens (including phenoxy) is 5. The minimum atomic E-state index is -2.42. The molecule has 0 bridgehead atoms. The van der Waals surface area contributed by atoms with Gasteiger partial charge in [0.2, 0.25) is 6.10 Å². The zero-order valence-electron chi connectivity index (χ0n) is 17.9. The predicted octanol–water partition coefficient (Wildman–Crippen LogP) is 0.503. The van der Waals surface area contributed by atoms with Gasteiger partial charge in [-0.2, -0.15) is 0 Å². The van der Waals surface area contributed by atoms with E-state index in [2.05, 4.69) is 10.6 Å². The number of rotatable bonds is 6. The first-order valence-electron chi connectivity index (χ1n) is 9.47. The van der Waals surface area contributed by atoms with E-state index in [9.17, 15) is 24.0 Å². The maximum atomic E-state index is 12.8. The number of carbonyl (C=O) groups is 5. The third kappa shape index (κ3) is 5.94. The van der Waals surface area contributed by atoms with E-state index >= 15 is 0 Å². The Hall–Kier alpha value is -3.67. The molecule has 1 aromatic rings. The summed E-state index contributed by atoms with van der Waals surface area (Å²) in [5.41, 5.74) is -2.03. The highest BCUT2D eigenvalue weighted by Crippen LogP contribution is 2.32. The number of urea groups is 1. The number of hydrogen-bond donors (Lipinski definition) is 2. The van der Waals surface area contributed by atoms with E-state index < -0.39 is 60.6 Å². The molecule has 0 aliphatic carbocycles. The molecule has 12 heteroatoms. The lowest BCUT2D eigenvalue weighted by Crippen LogP contribution is -2.74. The molecule has 4 atom stereocenters. The maximum Gasteiger partial charge on any atom is 0.363 e. The molecule has 1 aromatic carbocycles. The third-order valence-electron chi connectivity index (χ3n) is 4.27. The van der Waals surface area contributed by atoms with Crippen molar-refractivity contribution in [3.05, 3.63) is 30.3 Å². The summed E-state index contributed by atoms with van der Waals surface area (Å²) in [6.07, 6.45) is -4.49. The molecule has 2 amide bonds. The van der Waals surface area contributed by atoms with Gasteiger partial charge in [0.25, 0.3) is 5.72 Å². The summed E-state index contributed by atoms with van der Waals surface area (Å²) < 4.78 is 25.9. The first-order valence-corrected chi connectivity index (χ1v) is 9.47. The molecule has 0 saturated carbocycles. The summed E-state index contributed by atoms with van der Waals surface area (Å²) in [6.45, 7) is 2.72. The average molecular weight is 452 g/mol. The van der Waals surface area contributed by atoms with Gasteiger partial charge in [0.1, 0.15) is 0 Å². The zero-order chi connectivity index (χ0) is 23.9. The molecule has 0 spiro atoms. The Morgan fingerprint density at radius 1 is 0.938 bits per heavy atom. The molecular formula is C20H24N2O10. The smallest absolute Gasteiger partial charge is 0.363 e. The number of carbonyl (C=O) groups excluding carboxylic acids is 5. The van der Waals surface area contributed by atoms with E-state index in [1.54, 1.807) is 30.3 Å². The van der Waals surface area contributed by atoms with Crippen molar-refractivity contribution < 1.29 is 47.7 Å². The number of hydrogen-bond acceptors (Lipinski definition) is 10. The standard InChI is InChI=1S/C20H24N2O10/c1-11(23)30-15-10-29-20(18(26)28-4,17(32-13(3)25)16(15)31-12(2)24)22-19(27)21-14-8-6-5-7-9-14/h5-9,15-17H,10H2,1-4H3,(H2,21,22,27). The van der Waals surface area contributed by atoms with Gasteiger partial charge < -0.3 is 29.0 Å². The molecule has 32 heavy (non-hydrogen) atoms. The van der Waals surface area contributed by atoms with Crippen LogP contribution in [0.4, 0.5) is 10.5 Å². The molecule has 2 rings (SSSR count). The van der Waals surface area contributed by atoms with Crippen LogP contribution in [0, 0.1) is 0 Å². The second-order valence-corrected chi connectivity index (χ2v) is 6.74. The van der Waals surface area contributed by atoms with E-state index in [1.165, 1.54) is 0 Å². The van der Waals surface area contributed by atoms with E-state index in [-0.39, 0.29) is 0 Å². The quantitative estimate of drug-likeness (QED) is 0.460. The molecule has 1 aliphatic rings. The Labute approximate surface area is 183 Å². The Balaban J connectivity index is 2.47. The van der Waals surface area contributed by atoms with E-state index in [0.717, 1.165) is 27.9 Å². The average Bonchev–Trinajstić information content (AvgIpc) is 2.71. The van der Waals surface area contributed by atoms with Gasteiger partial charge in [0, 0.05) is 26.5 Å². The molecule has 0 radical (unpaired) electrons. The minimum Gasteiger partial charge on any atom is -0.465 e. The van der Waals surface area contributed by atoms with Crippen LogP contribution in [-0.2, 0) is 42.9 Å². The third-order valence-corrected chi connectivity index (χ3v) is 4.27. The molecule has 174 valence electrons. The van der Waals surface area contributed by atoms with E-state index in [4.69, 9.17) is 23.7 Å². The van der Waals surface area contributed by atoms with Crippen LogP contribution in [0.2, 0.25) is 0 Å². The van der Waals surface area contributed by atoms with Crippen molar-refractivity contribution >= 4 is 35.6 Å². The summed E-state index contributed by atoms with van der Waals surface area (Å²) in [5, 5.41) is 4.80. The Morgan fingerprint density at radius 2 is 1.53 bits per heavy atom. The lowest BCUT2D eigenvalue weighted by molar-refractivity contribution is -0.262. The molecular weight excluding hydrogens is 428 g/mol. The van der Waals surface area contributed by atoms with Gasteiger partial charge in [-0.25, -0.2) is 9.59 Å². The zero-order valence-corrected chi connectivity index (χ0v) is 17.9. The van der Waals surface area contributed by atoms with Crippen molar-refractivity contribution in [1.82, 2.24) is 5.32 Å². The Bertz CT molecular complexity index is 874. The van der Waals surface area contributed by atoms with E-state index in [1.807, 2.05) is 0 Å². The molecule has 4 unspecified atom stereocenters. The van der Waals surface area contributed by atoms with Crippen LogP contribution in [0.3, 0.4) is 0 Å². The summed E-state index contributed by atoms with van der Waals surface area (Å²) >= 11 is 0. The largest absolute Gasteiger partial charge is 0.465 e. The van der Waals surface area contributed by atoms with Crippen molar-refractivity contribution in [3.63, 3.8) is 0 Å². The van der Waals surface area contributed by atoms with Crippen molar-refractivity contribution in [3.8, 4) is 0 Å². The highest BCUT2D eigenvalue weighted by molar-refractivity contribution is 5.94. The first-order chi connectivity index (χ1) is 15.1. The van der Waals surface area contributed by atoms with Gasteiger partial charge in [-0.3, -0.25) is 19.7 Å². The number of anilines is 1. The monoisotopic (exact) mass is 452 g/mol. The number of para-hydroxylation sites is 1. The van der Waals surface area contributed by atoms with Crippen LogP contribution in [0.1, 0.15) is 20.8 Å². The number of amides is 2. The number of esters is 4. The topological polar surface area (TPSA) is 156 Å². The summed E-state index contributed by atoms with van der Waals surface area (Å²) in [7, 11) is 1.02. The second-order valence-electron chi connectivity index (χ2n) is 6.74. The van der Waals surface area contributed by atoms with Crippen molar-refractivity contribution in [1.29, 1.82) is 0 Å². The van der Waals surface area contributed by atoms with Crippen LogP contribution in [0.15, 0.2) is 30.3 Å². The molecule has 1 aliphatic heterocycles. The van der Waals surface area contributed by atoms with Crippen molar-refractivity contribution in [2.24, 2.45) is 0 Å². The van der Waals surface area contributed by atoms with E-state index in [0.29, 0.717) is 5.69 Å². The highest BCUT2D eigenvalue weighted by atomic mass is 16.7. The highest BCUT2D eigenvalue weighted by Gasteiger charge is 2.62. The fraction of sp³-hybridized carbons (Fsp3) is 0.450. The van der Waals surface area contributed by atoms with Crippen LogP contribution in [0.5, 0.6) is 0 Å². The van der Waals surface area contributed by atoms with Crippen LogP contribution >= 0.6 is 0 Å². The van der Waals surface area contributed by atoms with Gasteiger partial charge in [-0.1, -0.05) is 18.2 Å². The molecule has 1 heterocycles. The predicted molar refractivity (Wildman–Crippen MR) is 106 cm³/mol. The molecule has 2 N–H and O–H groups in total. The summed E-state index contributed by atoms with van der Waals surface area (Å²) in [6, 6.07) is 7.35. The molecule has 12 nitrogen and oxygen atoms in total. The molecule has 1 fully saturated rings. The van der Waals surface area contributed by atoms with Crippen LogP contribution in [-0.4, -0.2) is 67.7 Å². The number of methoxy groups -OCH3 is 1. The first kappa shape index (κ1) is 24.6. The fourth-order valence-electron chi connectivity index (χ4n) is 3.13. The van der Waals surface area contributed by atoms with Crippen LogP contribution < -0.4 is 10.6 Å². The Morgan fingerprint density at radius 3 is 2.06 bits per heavy atom. The number of nitrogens with one attached hydrogen (secondary N) is 2. The lowest BCUT2D eigenvalue weighted by atomic mass is 9.93. The van der Waals surface area contributed by atoms with Gasteiger partial charge >= 0.3 is 29.9 Å². The molecule has 1 saturated heterocycles. The fourth-order valence-corrected chi connectivity index (χ4v) is 3.13. The lowest BCUT2D eigenvalue weighted by Gasteiger charge is -2.46. The molecule has 0 aromatic heterocycles. The van der Waals surface area contributed by atoms with Crippen LogP contribution in [0.25, 0.3) is 0 Å². The van der Waals surface area contributed by atoms with Gasteiger partial charge in [0.15, 0.2) is 12.2 Å². The minimum absolute atomic E-state index is 0.388. The van der Waals surface area contributed by atoms with Crippen molar-refractivity contribution in [2.75, 3.05) is 19.0 Å². The van der Waals surface area contributed by atoms with Gasteiger partial charge in [0.05, 0.1) is 13.7 Å². The van der Waals surface area contributed by atoms with Gasteiger partial charge in [-0.15, -0.1) is 0 Å². The summed E-state index contributed by atoms with van der Waals surface area (Å²) in [4.78, 5) is 60.6. The van der Waals surface area contributed by atoms with Gasteiger partial charge in [-0.05, 0) is 12.1 Å². The normalized spacial score (nSPS) is 24.4.